The predicted octanol–water partition coefficient (Wildman–Crippen LogP) is 3.41. The summed E-state index contributed by atoms with van der Waals surface area (Å²) in [7, 11) is 0. The summed E-state index contributed by atoms with van der Waals surface area (Å²) >= 11 is 0. The van der Waals surface area contributed by atoms with Crippen LogP contribution >= 0.6 is 0 Å². The number of fused-ring (bicyclic) bond motifs is 1. The molecule has 0 aliphatic carbocycles. The number of aryl methyl sites for hydroxylation is 2. The molecule has 0 spiro atoms. The molecule has 9 heteroatoms. The molecule has 4 rings (SSSR count). The van der Waals surface area contributed by atoms with Crippen LogP contribution in [0.4, 0.5) is 14.9 Å². The number of hydrogen-bond donors (Lipinski definition) is 2. The van der Waals surface area contributed by atoms with Crippen molar-refractivity contribution >= 4 is 28.7 Å². The molecule has 180 valence electrons. The number of para-hydroxylation sites is 2. The van der Waals surface area contributed by atoms with E-state index in [1.54, 1.807) is 15.2 Å². The Bertz CT molecular complexity index is 1230. The second-order valence-electron chi connectivity index (χ2n) is 8.61. The fourth-order valence-corrected chi connectivity index (χ4v) is 4.60. The summed E-state index contributed by atoms with van der Waals surface area (Å²) in [6.07, 6.45) is 2.02. The number of piperidine rings is 1. The third kappa shape index (κ3) is 5.30. The summed E-state index contributed by atoms with van der Waals surface area (Å²) in [4.78, 5) is 39.7. The van der Waals surface area contributed by atoms with Gasteiger partial charge in [0.2, 0.25) is 5.91 Å². The van der Waals surface area contributed by atoms with Crippen molar-refractivity contribution in [2.24, 2.45) is 5.92 Å². The first-order valence-electron chi connectivity index (χ1n) is 11.7. The van der Waals surface area contributed by atoms with E-state index in [-0.39, 0.29) is 23.9 Å². The van der Waals surface area contributed by atoms with E-state index in [4.69, 9.17) is 0 Å². The number of likely N-dealkylation sites (tertiary alicyclic amines) is 1. The fraction of sp³-hybridized carbons (Fsp3) is 0.400. The second-order valence-corrected chi connectivity index (χ2v) is 8.61. The average molecular weight is 468 g/mol. The van der Waals surface area contributed by atoms with Gasteiger partial charge in [-0.25, -0.2) is 14.0 Å². The highest BCUT2D eigenvalue weighted by atomic mass is 19.1. The summed E-state index contributed by atoms with van der Waals surface area (Å²) in [6, 6.07) is 12.9. The van der Waals surface area contributed by atoms with Crippen LogP contribution in [0.3, 0.4) is 0 Å². The monoisotopic (exact) mass is 467 g/mol. The lowest BCUT2D eigenvalue weighted by molar-refractivity contribution is -0.133. The molecule has 1 aliphatic rings. The summed E-state index contributed by atoms with van der Waals surface area (Å²) in [5, 5.41) is 5.43. The van der Waals surface area contributed by atoms with Gasteiger partial charge in [0.25, 0.3) is 0 Å². The molecule has 2 N–H and O–H groups in total. The normalized spacial score (nSPS) is 15.9. The highest BCUT2D eigenvalue weighted by Crippen LogP contribution is 2.18. The number of urea groups is 1. The molecule has 0 radical (unpaired) electrons. The van der Waals surface area contributed by atoms with Gasteiger partial charge in [0.15, 0.2) is 0 Å². The molecule has 1 aromatic heterocycles. The smallest absolute Gasteiger partial charge is 0.329 e. The van der Waals surface area contributed by atoms with E-state index in [9.17, 15) is 18.8 Å². The van der Waals surface area contributed by atoms with E-state index in [0.717, 1.165) is 23.9 Å². The van der Waals surface area contributed by atoms with Crippen molar-refractivity contribution in [1.82, 2.24) is 19.4 Å². The summed E-state index contributed by atoms with van der Waals surface area (Å²) in [6.45, 7) is 4.51. The molecule has 1 fully saturated rings. The van der Waals surface area contributed by atoms with Crippen molar-refractivity contribution in [3.05, 3.63) is 64.8 Å². The van der Waals surface area contributed by atoms with Gasteiger partial charge in [-0.15, -0.1) is 0 Å². The fourth-order valence-electron chi connectivity index (χ4n) is 4.60. The Hall–Kier alpha value is -3.62. The van der Waals surface area contributed by atoms with E-state index in [1.165, 1.54) is 18.2 Å². The van der Waals surface area contributed by atoms with Gasteiger partial charge >= 0.3 is 11.7 Å². The van der Waals surface area contributed by atoms with Crippen molar-refractivity contribution in [3.63, 3.8) is 0 Å². The van der Waals surface area contributed by atoms with Gasteiger partial charge < -0.3 is 15.5 Å². The molecule has 34 heavy (non-hydrogen) atoms. The lowest BCUT2D eigenvalue weighted by Gasteiger charge is -2.33. The lowest BCUT2D eigenvalue weighted by atomic mass is 9.97. The summed E-state index contributed by atoms with van der Waals surface area (Å²) in [5.74, 6) is -0.268. The number of nitrogens with one attached hydrogen (secondary N) is 2. The Morgan fingerprint density at radius 3 is 2.59 bits per heavy atom. The second kappa shape index (κ2) is 10.5. The Kier molecular flexibility index (Phi) is 7.30. The number of rotatable bonds is 7. The van der Waals surface area contributed by atoms with Crippen molar-refractivity contribution in [3.8, 4) is 0 Å². The molecular formula is C25H30FN5O3. The van der Waals surface area contributed by atoms with Crippen LogP contribution < -0.4 is 16.3 Å². The van der Waals surface area contributed by atoms with E-state index < -0.39 is 11.8 Å². The number of imidazole rings is 1. The molecule has 2 aromatic carbocycles. The van der Waals surface area contributed by atoms with Crippen molar-refractivity contribution in [2.45, 2.75) is 39.3 Å². The van der Waals surface area contributed by atoms with E-state index in [2.05, 4.69) is 10.6 Å². The molecule has 3 amide bonds. The lowest BCUT2D eigenvalue weighted by Crippen LogP contribution is -2.44. The quantitative estimate of drug-likeness (QED) is 0.558. The zero-order chi connectivity index (χ0) is 24.1. The predicted molar refractivity (Wildman–Crippen MR) is 129 cm³/mol. The first kappa shape index (κ1) is 23.5. The van der Waals surface area contributed by atoms with Crippen LogP contribution in [-0.2, 0) is 17.9 Å². The minimum Gasteiger partial charge on any atom is -0.342 e. The van der Waals surface area contributed by atoms with E-state index in [0.29, 0.717) is 38.4 Å². The molecule has 0 saturated carbocycles. The first-order valence-corrected chi connectivity index (χ1v) is 11.7. The number of halogens is 1. The van der Waals surface area contributed by atoms with Crippen molar-refractivity contribution in [1.29, 1.82) is 0 Å². The number of anilines is 1. The Morgan fingerprint density at radius 1 is 1.09 bits per heavy atom. The maximum atomic E-state index is 13.3. The Balaban J connectivity index is 1.30. The first-order chi connectivity index (χ1) is 16.5. The highest BCUT2D eigenvalue weighted by molar-refractivity contribution is 5.89. The van der Waals surface area contributed by atoms with Gasteiger partial charge in [0, 0.05) is 44.8 Å². The number of benzene rings is 2. The van der Waals surface area contributed by atoms with Gasteiger partial charge in [-0.05, 0) is 56.0 Å². The van der Waals surface area contributed by atoms with Gasteiger partial charge in [-0.2, -0.15) is 0 Å². The Labute approximate surface area is 197 Å². The number of nitrogens with zero attached hydrogens (tertiary/aromatic N) is 3. The van der Waals surface area contributed by atoms with Gasteiger partial charge in [-0.3, -0.25) is 13.9 Å². The van der Waals surface area contributed by atoms with Crippen LogP contribution in [0.2, 0.25) is 0 Å². The average Bonchev–Trinajstić information content (AvgIpc) is 3.11. The minimum absolute atomic E-state index is 0.00846. The number of amides is 3. The van der Waals surface area contributed by atoms with E-state index in [1.807, 2.05) is 36.1 Å². The molecule has 1 unspecified atom stereocenters. The molecule has 2 heterocycles. The maximum Gasteiger partial charge on any atom is 0.329 e. The number of carbonyl (C=O) groups excluding carboxylic acids is 2. The van der Waals surface area contributed by atoms with Crippen LogP contribution in [-0.4, -0.2) is 45.6 Å². The Morgan fingerprint density at radius 2 is 1.85 bits per heavy atom. The van der Waals surface area contributed by atoms with E-state index >= 15 is 0 Å². The van der Waals surface area contributed by atoms with Crippen LogP contribution in [0.15, 0.2) is 53.3 Å². The standard InChI is InChI=1S/C25H30FN5O3/c1-2-30-21-10-3-4-11-22(21)31(25(30)34)14-12-23(32)29-13-6-7-18(17-29)16-27-24(33)28-20-9-5-8-19(26)15-20/h3-5,8-11,15,18H,2,6-7,12-14,16-17H2,1H3,(H2,27,28,33). The number of hydrogen-bond acceptors (Lipinski definition) is 3. The van der Waals surface area contributed by atoms with Gasteiger partial charge in [-0.1, -0.05) is 18.2 Å². The summed E-state index contributed by atoms with van der Waals surface area (Å²) in [5.41, 5.74) is 2.01. The number of aromatic nitrogens is 2. The SMILES string of the molecule is CCn1c(=O)n(CCC(=O)N2CCCC(CNC(=O)Nc3cccc(F)c3)C2)c2ccccc21. The number of carbonyl (C=O) groups is 2. The van der Waals surface area contributed by atoms with Crippen LogP contribution in [0.25, 0.3) is 11.0 Å². The molecule has 0 bridgehead atoms. The molecule has 3 aromatic rings. The minimum atomic E-state index is -0.416. The molecule has 1 atom stereocenters. The molecular weight excluding hydrogens is 437 g/mol. The van der Waals surface area contributed by atoms with Crippen LogP contribution in [0.1, 0.15) is 26.2 Å². The maximum absolute atomic E-state index is 13.3. The molecule has 1 saturated heterocycles. The third-order valence-electron chi connectivity index (χ3n) is 6.30. The van der Waals surface area contributed by atoms with Crippen molar-refractivity contribution in [2.75, 3.05) is 25.0 Å². The topological polar surface area (TPSA) is 88.4 Å². The van der Waals surface area contributed by atoms with Crippen LogP contribution in [0.5, 0.6) is 0 Å². The zero-order valence-electron chi connectivity index (χ0n) is 19.3. The van der Waals surface area contributed by atoms with Crippen LogP contribution in [0, 0.1) is 11.7 Å². The molecule has 8 nitrogen and oxygen atoms in total. The summed E-state index contributed by atoms with van der Waals surface area (Å²) < 4.78 is 16.7. The highest BCUT2D eigenvalue weighted by Gasteiger charge is 2.24. The largest absolute Gasteiger partial charge is 0.342 e. The molecule has 1 aliphatic heterocycles. The van der Waals surface area contributed by atoms with Gasteiger partial charge in [0.1, 0.15) is 5.82 Å². The zero-order valence-corrected chi connectivity index (χ0v) is 19.3. The van der Waals surface area contributed by atoms with Crippen molar-refractivity contribution < 1.29 is 14.0 Å². The third-order valence-corrected chi connectivity index (χ3v) is 6.30. The van der Waals surface area contributed by atoms with Gasteiger partial charge in [0.05, 0.1) is 11.0 Å².